The van der Waals surface area contributed by atoms with Crippen LogP contribution in [0, 0.1) is 0 Å². The topological polar surface area (TPSA) is 67.9 Å². The van der Waals surface area contributed by atoms with Crippen LogP contribution in [0.4, 0.5) is 5.69 Å². The lowest BCUT2D eigenvalue weighted by Gasteiger charge is -2.15. The first-order valence-corrected chi connectivity index (χ1v) is 9.67. The molecule has 6 nitrogen and oxygen atoms in total. The van der Waals surface area contributed by atoms with E-state index in [9.17, 15) is 9.59 Å². The van der Waals surface area contributed by atoms with Gasteiger partial charge in [0.05, 0.1) is 23.9 Å². The second-order valence-electron chi connectivity index (χ2n) is 5.53. The SMILES string of the molecule is CCOc1cc(/C=C2/C(=O)NN(c3ccccc3)C2=O)c(Br)c(Br)c1OC. The molecular formula is C19H16Br2N2O4. The third-order valence-corrected chi connectivity index (χ3v) is 6.01. The zero-order valence-electron chi connectivity index (χ0n) is 14.6. The minimum atomic E-state index is -0.472. The van der Waals surface area contributed by atoms with Crippen LogP contribution in [0.25, 0.3) is 6.08 Å². The zero-order valence-corrected chi connectivity index (χ0v) is 17.8. The lowest BCUT2D eigenvalue weighted by atomic mass is 10.1. The highest BCUT2D eigenvalue weighted by Gasteiger charge is 2.34. The number of carbonyl (C=O) groups excluding carboxylic acids is 2. The first-order chi connectivity index (χ1) is 13.0. The summed E-state index contributed by atoms with van der Waals surface area (Å²) in [6, 6.07) is 10.6. The molecule has 0 unspecified atom stereocenters. The fraction of sp³-hybridized carbons (Fsp3) is 0.158. The van der Waals surface area contributed by atoms with E-state index in [1.54, 1.807) is 37.4 Å². The molecule has 1 fully saturated rings. The molecule has 1 saturated heterocycles. The molecule has 2 amide bonds. The van der Waals surface area contributed by atoms with Crippen LogP contribution in [0.1, 0.15) is 12.5 Å². The Kier molecular flexibility index (Phi) is 5.86. The van der Waals surface area contributed by atoms with Gasteiger partial charge in [-0.05, 0) is 68.6 Å². The number of hydrazine groups is 1. The van der Waals surface area contributed by atoms with Crippen LogP contribution in [0.2, 0.25) is 0 Å². The van der Waals surface area contributed by atoms with Crippen molar-refractivity contribution < 1.29 is 19.1 Å². The van der Waals surface area contributed by atoms with Crippen molar-refractivity contribution in [1.29, 1.82) is 0 Å². The number of methoxy groups -OCH3 is 1. The number of rotatable bonds is 5. The average Bonchev–Trinajstić information content (AvgIpc) is 2.95. The molecular weight excluding hydrogens is 480 g/mol. The summed E-state index contributed by atoms with van der Waals surface area (Å²) in [6.07, 6.45) is 1.53. The van der Waals surface area contributed by atoms with Gasteiger partial charge in [-0.1, -0.05) is 18.2 Å². The highest BCUT2D eigenvalue weighted by atomic mass is 79.9. The Morgan fingerprint density at radius 3 is 2.48 bits per heavy atom. The van der Waals surface area contributed by atoms with E-state index in [-0.39, 0.29) is 5.57 Å². The largest absolute Gasteiger partial charge is 0.492 e. The Bertz CT molecular complexity index is 929. The van der Waals surface area contributed by atoms with Crippen LogP contribution in [0.3, 0.4) is 0 Å². The van der Waals surface area contributed by atoms with Gasteiger partial charge in [0, 0.05) is 4.47 Å². The van der Waals surface area contributed by atoms with E-state index in [0.717, 1.165) is 0 Å². The number of nitrogens with one attached hydrogen (secondary N) is 1. The monoisotopic (exact) mass is 494 g/mol. The molecule has 2 aromatic rings. The average molecular weight is 496 g/mol. The zero-order chi connectivity index (χ0) is 19.6. The summed E-state index contributed by atoms with van der Waals surface area (Å²) >= 11 is 6.94. The van der Waals surface area contributed by atoms with E-state index in [0.29, 0.717) is 38.3 Å². The Morgan fingerprint density at radius 2 is 1.85 bits per heavy atom. The summed E-state index contributed by atoms with van der Waals surface area (Å²) in [5, 5.41) is 1.23. The molecule has 27 heavy (non-hydrogen) atoms. The van der Waals surface area contributed by atoms with Gasteiger partial charge in [-0.15, -0.1) is 0 Å². The maximum absolute atomic E-state index is 12.7. The van der Waals surface area contributed by atoms with Gasteiger partial charge in [-0.25, -0.2) is 5.01 Å². The fourth-order valence-electron chi connectivity index (χ4n) is 2.63. The van der Waals surface area contributed by atoms with Gasteiger partial charge in [0.25, 0.3) is 11.8 Å². The highest BCUT2D eigenvalue weighted by molar-refractivity contribution is 9.13. The van der Waals surface area contributed by atoms with Gasteiger partial charge in [-0.2, -0.15) is 0 Å². The smallest absolute Gasteiger partial charge is 0.282 e. The second-order valence-corrected chi connectivity index (χ2v) is 7.12. The molecule has 0 aromatic heterocycles. The number of ether oxygens (including phenoxy) is 2. The first kappa shape index (κ1) is 19.4. The molecule has 0 aliphatic carbocycles. The Hall–Kier alpha value is -2.32. The van der Waals surface area contributed by atoms with Crippen LogP contribution in [-0.4, -0.2) is 25.5 Å². The van der Waals surface area contributed by atoms with Crippen LogP contribution in [0.15, 0.2) is 50.9 Å². The molecule has 140 valence electrons. The Labute approximate surface area is 173 Å². The number of amides is 2. The van der Waals surface area contributed by atoms with E-state index in [4.69, 9.17) is 9.47 Å². The van der Waals surface area contributed by atoms with Gasteiger partial charge in [0.15, 0.2) is 11.5 Å². The summed E-state index contributed by atoms with van der Waals surface area (Å²) in [4.78, 5) is 25.1. The molecule has 1 aliphatic heterocycles. The summed E-state index contributed by atoms with van der Waals surface area (Å²) in [5.74, 6) is 0.135. The molecule has 0 radical (unpaired) electrons. The standard InChI is InChI=1S/C19H16Br2N2O4/c1-3-27-14-10-11(15(20)16(21)17(14)26-2)9-13-18(24)22-23(19(13)25)12-7-5-4-6-8-12/h4-10H,3H2,1-2H3,(H,22,24)/b13-9-. The van der Waals surface area contributed by atoms with Gasteiger partial charge in [0.2, 0.25) is 0 Å². The quantitative estimate of drug-likeness (QED) is 0.501. The number of benzene rings is 2. The van der Waals surface area contributed by atoms with Crippen molar-refractivity contribution in [3.63, 3.8) is 0 Å². The molecule has 1 aliphatic rings. The van der Waals surface area contributed by atoms with E-state index in [1.807, 2.05) is 13.0 Å². The molecule has 0 atom stereocenters. The van der Waals surface area contributed by atoms with E-state index in [1.165, 1.54) is 11.1 Å². The third kappa shape index (κ3) is 3.72. The minimum absolute atomic E-state index is 0.0269. The Morgan fingerprint density at radius 1 is 1.15 bits per heavy atom. The fourth-order valence-corrected chi connectivity index (χ4v) is 3.63. The Balaban J connectivity index is 2.04. The maximum atomic E-state index is 12.7. The first-order valence-electron chi connectivity index (χ1n) is 8.08. The summed E-state index contributed by atoms with van der Waals surface area (Å²) in [6.45, 7) is 2.31. The van der Waals surface area contributed by atoms with E-state index in [2.05, 4.69) is 37.3 Å². The second kappa shape index (κ2) is 8.14. The predicted octanol–water partition coefficient (Wildman–Crippen LogP) is 4.08. The highest BCUT2D eigenvalue weighted by Crippen LogP contribution is 2.43. The molecule has 0 bridgehead atoms. The summed E-state index contributed by atoms with van der Waals surface area (Å²) < 4.78 is 12.3. The van der Waals surface area contributed by atoms with Crippen molar-refractivity contribution >= 4 is 55.4 Å². The number of carbonyl (C=O) groups is 2. The molecule has 1 heterocycles. The van der Waals surface area contributed by atoms with Crippen molar-refractivity contribution in [2.75, 3.05) is 18.7 Å². The van der Waals surface area contributed by atoms with Crippen molar-refractivity contribution in [3.05, 3.63) is 56.5 Å². The van der Waals surface area contributed by atoms with Gasteiger partial charge in [0.1, 0.15) is 5.57 Å². The summed E-state index contributed by atoms with van der Waals surface area (Å²) in [5.41, 5.74) is 3.81. The van der Waals surface area contributed by atoms with Crippen molar-refractivity contribution in [3.8, 4) is 11.5 Å². The number of halogens is 2. The van der Waals surface area contributed by atoms with Crippen LogP contribution in [0.5, 0.6) is 11.5 Å². The van der Waals surface area contributed by atoms with Gasteiger partial charge < -0.3 is 9.47 Å². The van der Waals surface area contributed by atoms with Gasteiger partial charge in [-0.3, -0.25) is 15.0 Å². The van der Waals surface area contributed by atoms with Crippen LogP contribution in [-0.2, 0) is 9.59 Å². The third-order valence-electron chi connectivity index (χ3n) is 3.87. The number of para-hydroxylation sites is 1. The normalized spacial score (nSPS) is 15.3. The van der Waals surface area contributed by atoms with Crippen molar-refractivity contribution in [2.45, 2.75) is 6.92 Å². The van der Waals surface area contributed by atoms with E-state index < -0.39 is 11.8 Å². The number of hydrogen-bond donors (Lipinski definition) is 1. The minimum Gasteiger partial charge on any atom is -0.492 e. The molecule has 1 N–H and O–H groups in total. The molecule has 2 aromatic carbocycles. The van der Waals surface area contributed by atoms with Gasteiger partial charge >= 0.3 is 0 Å². The predicted molar refractivity (Wildman–Crippen MR) is 110 cm³/mol. The molecule has 8 heteroatoms. The summed E-state index contributed by atoms with van der Waals surface area (Å²) in [7, 11) is 1.54. The maximum Gasteiger partial charge on any atom is 0.282 e. The molecule has 3 rings (SSSR count). The molecule has 0 spiro atoms. The molecule has 0 saturated carbocycles. The lowest BCUT2D eigenvalue weighted by molar-refractivity contribution is -0.117. The number of hydrogen-bond acceptors (Lipinski definition) is 4. The number of nitrogens with zero attached hydrogens (tertiary/aromatic N) is 1. The van der Waals surface area contributed by atoms with Crippen molar-refractivity contribution in [1.82, 2.24) is 5.43 Å². The van der Waals surface area contributed by atoms with Crippen LogP contribution < -0.4 is 19.9 Å². The van der Waals surface area contributed by atoms with E-state index >= 15 is 0 Å². The lowest BCUT2D eigenvalue weighted by Crippen LogP contribution is -2.35. The van der Waals surface area contributed by atoms with Crippen molar-refractivity contribution in [2.24, 2.45) is 0 Å². The number of anilines is 1. The van der Waals surface area contributed by atoms with Crippen LogP contribution >= 0.6 is 31.9 Å².